The van der Waals surface area contributed by atoms with Gasteiger partial charge in [-0.05, 0) is 19.1 Å². The third kappa shape index (κ3) is 3.05. The molecule has 0 aliphatic rings. The van der Waals surface area contributed by atoms with E-state index in [9.17, 15) is 4.79 Å². The molecule has 5 heteroatoms. The molecule has 0 aromatic heterocycles. The van der Waals surface area contributed by atoms with Crippen molar-refractivity contribution in [1.29, 1.82) is 0 Å². The first-order chi connectivity index (χ1) is 7.17. The van der Waals surface area contributed by atoms with Gasteiger partial charge >= 0.3 is 6.03 Å². The van der Waals surface area contributed by atoms with Crippen molar-refractivity contribution in [2.45, 2.75) is 6.92 Å². The summed E-state index contributed by atoms with van der Waals surface area (Å²) in [5.41, 5.74) is 6.82. The number of nitrogens with one attached hydrogen (secondary N) is 2. The van der Waals surface area contributed by atoms with E-state index in [0.717, 1.165) is 0 Å². The maximum atomic E-state index is 11.2. The Hall–Kier alpha value is -1.91. The van der Waals surface area contributed by atoms with Crippen LogP contribution >= 0.6 is 0 Å². The highest BCUT2D eigenvalue weighted by Gasteiger charge is 2.03. The molecular formula is C10H15N3O2. The van der Waals surface area contributed by atoms with E-state index >= 15 is 0 Å². The number of carbonyl (C=O) groups is 1. The van der Waals surface area contributed by atoms with E-state index in [1.54, 1.807) is 18.2 Å². The maximum absolute atomic E-state index is 11.2. The predicted molar refractivity (Wildman–Crippen MR) is 60.1 cm³/mol. The standard InChI is InChI=1S/C10H15N3O2/c1-3-12-10(14)13-7-4-5-8(11)9(6-7)15-2/h4-6H,3,11H2,1-2H3,(H2,12,13,14). The van der Waals surface area contributed by atoms with Crippen molar-refractivity contribution in [2.24, 2.45) is 0 Å². The first-order valence-electron chi connectivity index (χ1n) is 4.65. The highest BCUT2D eigenvalue weighted by Crippen LogP contribution is 2.24. The van der Waals surface area contributed by atoms with Gasteiger partial charge in [0.1, 0.15) is 5.75 Å². The molecule has 15 heavy (non-hydrogen) atoms. The van der Waals surface area contributed by atoms with Crippen LogP contribution in [0.25, 0.3) is 0 Å². The number of nitrogen functional groups attached to an aromatic ring is 1. The summed E-state index contributed by atoms with van der Waals surface area (Å²) in [5.74, 6) is 0.546. The molecule has 0 atom stereocenters. The molecule has 2 amide bonds. The van der Waals surface area contributed by atoms with Crippen LogP contribution in [0.5, 0.6) is 5.75 Å². The van der Waals surface area contributed by atoms with Gasteiger partial charge in [-0.25, -0.2) is 4.79 Å². The lowest BCUT2D eigenvalue weighted by atomic mass is 10.2. The third-order valence-electron chi connectivity index (χ3n) is 1.83. The smallest absolute Gasteiger partial charge is 0.319 e. The van der Waals surface area contributed by atoms with Gasteiger partial charge in [0, 0.05) is 18.3 Å². The van der Waals surface area contributed by atoms with E-state index in [1.165, 1.54) is 7.11 Å². The van der Waals surface area contributed by atoms with Crippen LogP contribution in [0.4, 0.5) is 16.2 Å². The molecule has 0 saturated carbocycles. The highest BCUT2D eigenvalue weighted by atomic mass is 16.5. The second-order valence-corrected chi connectivity index (χ2v) is 2.94. The molecule has 4 N–H and O–H groups in total. The van der Waals surface area contributed by atoms with Gasteiger partial charge in [0.2, 0.25) is 0 Å². The van der Waals surface area contributed by atoms with Gasteiger partial charge < -0.3 is 21.1 Å². The van der Waals surface area contributed by atoms with Crippen molar-refractivity contribution in [3.05, 3.63) is 18.2 Å². The minimum atomic E-state index is -0.246. The molecule has 0 aliphatic heterocycles. The Morgan fingerprint density at radius 1 is 1.53 bits per heavy atom. The number of carbonyl (C=O) groups excluding carboxylic acids is 1. The Labute approximate surface area is 88.6 Å². The Kier molecular flexibility index (Phi) is 3.79. The van der Waals surface area contributed by atoms with Gasteiger partial charge in [-0.3, -0.25) is 0 Å². The summed E-state index contributed by atoms with van der Waals surface area (Å²) in [6.45, 7) is 2.43. The fourth-order valence-electron chi connectivity index (χ4n) is 1.12. The Morgan fingerprint density at radius 2 is 2.27 bits per heavy atom. The van der Waals surface area contributed by atoms with Crippen LogP contribution in [0.15, 0.2) is 18.2 Å². The number of amides is 2. The normalized spacial score (nSPS) is 9.47. The van der Waals surface area contributed by atoms with Gasteiger partial charge in [0.05, 0.1) is 12.8 Å². The number of nitrogens with two attached hydrogens (primary N) is 1. The first kappa shape index (κ1) is 11.2. The summed E-state index contributed by atoms with van der Waals surface area (Å²) in [7, 11) is 1.53. The molecule has 0 heterocycles. The van der Waals surface area contributed by atoms with Crippen LogP contribution in [0.1, 0.15) is 6.92 Å². The quantitative estimate of drug-likeness (QED) is 0.659. The van der Waals surface area contributed by atoms with E-state index in [4.69, 9.17) is 10.5 Å². The number of urea groups is 1. The largest absolute Gasteiger partial charge is 0.495 e. The van der Waals surface area contributed by atoms with Crippen molar-refractivity contribution in [2.75, 3.05) is 24.7 Å². The lowest BCUT2D eigenvalue weighted by Gasteiger charge is -2.09. The molecule has 5 nitrogen and oxygen atoms in total. The van der Waals surface area contributed by atoms with Crippen molar-refractivity contribution in [3.63, 3.8) is 0 Å². The Bertz CT molecular complexity index is 353. The van der Waals surface area contributed by atoms with Crippen LogP contribution in [-0.4, -0.2) is 19.7 Å². The van der Waals surface area contributed by atoms with Gasteiger partial charge in [0.15, 0.2) is 0 Å². The molecule has 0 aliphatic carbocycles. The zero-order chi connectivity index (χ0) is 11.3. The number of rotatable bonds is 3. The SMILES string of the molecule is CCNC(=O)Nc1ccc(N)c(OC)c1. The average molecular weight is 209 g/mol. The summed E-state index contributed by atoms with van der Waals surface area (Å²) < 4.78 is 5.03. The Balaban J connectivity index is 2.74. The van der Waals surface area contributed by atoms with Gasteiger partial charge in [-0.15, -0.1) is 0 Å². The molecule has 1 aromatic rings. The van der Waals surface area contributed by atoms with E-state index in [1.807, 2.05) is 6.92 Å². The van der Waals surface area contributed by atoms with Crippen molar-refractivity contribution < 1.29 is 9.53 Å². The van der Waals surface area contributed by atoms with E-state index in [2.05, 4.69) is 10.6 Å². The molecule has 0 radical (unpaired) electrons. The minimum Gasteiger partial charge on any atom is -0.495 e. The Morgan fingerprint density at radius 3 is 2.87 bits per heavy atom. The van der Waals surface area contributed by atoms with Crippen LogP contribution in [0.2, 0.25) is 0 Å². The molecule has 0 saturated heterocycles. The molecule has 0 unspecified atom stereocenters. The number of benzene rings is 1. The van der Waals surface area contributed by atoms with Crippen LogP contribution in [-0.2, 0) is 0 Å². The summed E-state index contributed by atoms with van der Waals surface area (Å²) in [6, 6.07) is 4.82. The lowest BCUT2D eigenvalue weighted by molar-refractivity contribution is 0.252. The zero-order valence-corrected chi connectivity index (χ0v) is 8.83. The lowest BCUT2D eigenvalue weighted by Crippen LogP contribution is -2.28. The predicted octanol–water partition coefficient (Wildman–Crippen LogP) is 1.42. The fourth-order valence-corrected chi connectivity index (χ4v) is 1.12. The van der Waals surface area contributed by atoms with E-state index < -0.39 is 0 Å². The maximum Gasteiger partial charge on any atom is 0.319 e. The second-order valence-electron chi connectivity index (χ2n) is 2.94. The summed E-state index contributed by atoms with van der Waals surface area (Å²) in [5, 5.41) is 5.28. The monoisotopic (exact) mass is 209 g/mol. The molecule has 0 bridgehead atoms. The highest BCUT2D eigenvalue weighted by molar-refractivity contribution is 5.89. The molecule has 0 fully saturated rings. The van der Waals surface area contributed by atoms with Gasteiger partial charge in [0.25, 0.3) is 0 Å². The molecule has 1 aromatic carbocycles. The molecule has 1 rings (SSSR count). The average Bonchev–Trinajstić information content (AvgIpc) is 2.21. The fraction of sp³-hybridized carbons (Fsp3) is 0.300. The number of hydrogen-bond acceptors (Lipinski definition) is 3. The van der Waals surface area contributed by atoms with E-state index in [-0.39, 0.29) is 6.03 Å². The summed E-state index contributed by atoms with van der Waals surface area (Å²) >= 11 is 0. The molecule has 0 spiro atoms. The number of anilines is 2. The summed E-state index contributed by atoms with van der Waals surface area (Å²) in [6.07, 6.45) is 0. The van der Waals surface area contributed by atoms with Crippen molar-refractivity contribution >= 4 is 17.4 Å². The molecule has 82 valence electrons. The summed E-state index contributed by atoms with van der Waals surface area (Å²) in [4.78, 5) is 11.2. The van der Waals surface area contributed by atoms with Crippen molar-refractivity contribution in [3.8, 4) is 5.75 Å². The second kappa shape index (κ2) is 5.09. The van der Waals surface area contributed by atoms with Crippen LogP contribution in [0, 0.1) is 0 Å². The van der Waals surface area contributed by atoms with Crippen molar-refractivity contribution in [1.82, 2.24) is 5.32 Å². The first-order valence-corrected chi connectivity index (χ1v) is 4.65. The third-order valence-corrected chi connectivity index (χ3v) is 1.83. The molecular weight excluding hydrogens is 194 g/mol. The zero-order valence-electron chi connectivity index (χ0n) is 8.83. The van der Waals surface area contributed by atoms with Crippen LogP contribution in [0.3, 0.4) is 0 Å². The number of ether oxygens (including phenoxy) is 1. The van der Waals surface area contributed by atoms with Gasteiger partial charge in [-0.2, -0.15) is 0 Å². The minimum absolute atomic E-state index is 0.246. The number of methoxy groups -OCH3 is 1. The van der Waals surface area contributed by atoms with Crippen LogP contribution < -0.4 is 21.1 Å². The van der Waals surface area contributed by atoms with Gasteiger partial charge in [-0.1, -0.05) is 0 Å². The van der Waals surface area contributed by atoms with E-state index in [0.29, 0.717) is 23.7 Å². The topological polar surface area (TPSA) is 76.4 Å². The number of hydrogen-bond donors (Lipinski definition) is 3.